The van der Waals surface area contributed by atoms with E-state index in [0.29, 0.717) is 41.5 Å². The molecule has 1 aromatic carbocycles. The van der Waals surface area contributed by atoms with Crippen LogP contribution in [-0.4, -0.2) is 20.1 Å². The van der Waals surface area contributed by atoms with Gasteiger partial charge < -0.3 is 14.8 Å². The number of aromatic nitrogens is 4. The Morgan fingerprint density at radius 2 is 2.10 bits per heavy atom. The maximum Gasteiger partial charge on any atom is 0.258 e. The van der Waals surface area contributed by atoms with E-state index in [9.17, 15) is 4.79 Å². The van der Waals surface area contributed by atoms with E-state index in [4.69, 9.17) is 4.52 Å². The zero-order valence-corrected chi connectivity index (χ0v) is 10.9. The van der Waals surface area contributed by atoms with Gasteiger partial charge in [-0.25, -0.2) is 4.98 Å². The summed E-state index contributed by atoms with van der Waals surface area (Å²) < 4.78 is 4.87. The molecule has 0 bridgehead atoms. The van der Waals surface area contributed by atoms with E-state index in [2.05, 4.69) is 25.4 Å². The Balaban J connectivity index is 1.73. The highest BCUT2D eigenvalue weighted by atomic mass is 16.5. The summed E-state index contributed by atoms with van der Waals surface area (Å²) in [7, 11) is 0. The van der Waals surface area contributed by atoms with E-state index >= 15 is 0 Å². The van der Waals surface area contributed by atoms with Crippen LogP contribution in [0.25, 0.3) is 10.9 Å². The van der Waals surface area contributed by atoms with Crippen LogP contribution in [0, 0.1) is 6.92 Å². The van der Waals surface area contributed by atoms with Gasteiger partial charge in [-0.15, -0.1) is 0 Å². The maximum atomic E-state index is 11.9. The Labute approximate surface area is 114 Å². The Hall–Kier alpha value is -2.54. The quantitative estimate of drug-likeness (QED) is 0.732. The van der Waals surface area contributed by atoms with Crippen LogP contribution in [0.5, 0.6) is 0 Å². The predicted molar refractivity (Wildman–Crippen MR) is 71.9 cm³/mol. The number of rotatable bonds is 4. The first kappa shape index (κ1) is 12.5. The van der Waals surface area contributed by atoms with Crippen LogP contribution < -0.4 is 10.9 Å². The molecule has 3 rings (SSSR count). The molecule has 7 heteroatoms. The summed E-state index contributed by atoms with van der Waals surface area (Å²) in [4.78, 5) is 23.1. The zero-order valence-electron chi connectivity index (χ0n) is 10.9. The lowest BCUT2D eigenvalue weighted by molar-refractivity contribution is 0.385. The van der Waals surface area contributed by atoms with E-state index in [1.165, 1.54) is 0 Å². The van der Waals surface area contributed by atoms with Crippen molar-refractivity contribution >= 4 is 10.9 Å². The topological polar surface area (TPSA) is 96.7 Å². The molecule has 0 spiro atoms. The van der Waals surface area contributed by atoms with Crippen LogP contribution >= 0.6 is 0 Å². The van der Waals surface area contributed by atoms with Gasteiger partial charge in [0, 0.05) is 6.92 Å². The molecular weight excluding hydrogens is 258 g/mol. The highest BCUT2D eigenvalue weighted by molar-refractivity contribution is 5.77. The predicted octanol–water partition coefficient (Wildman–Crippen LogP) is 0.904. The molecule has 2 heterocycles. The number of fused-ring (bicyclic) bond motifs is 1. The Bertz CT molecular complexity index is 793. The minimum Gasteiger partial charge on any atom is -0.340 e. The first-order valence-corrected chi connectivity index (χ1v) is 6.20. The monoisotopic (exact) mass is 271 g/mol. The van der Waals surface area contributed by atoms with Crippen LogP contribution in [0.3, 0.4) is 0 Å². The van der Waals surface area contributed by atoms with Gasteiger partial charge in [0.05, 0.1) is 24.0 Å². The Kier molecular flexibility index (Phi) is 3.26. The Morgan fingerprint density at radius 3 is 2.90 bits per heavy atom. The summed E-state index contributed by atoms with van der Waals surface area (Å²) >= 11 is 0. The van der Waals surface area contributed by atoms with E-state index in [0.717, 1.165) is 0 Å². The number of hydrogen-bond donors (Lipinski definition) is 2. The summed E-state index contributed by atoms with van der Waals surface area (Å²) in [6.45, 7) is 2.61. The normalized spacial score (nSPS) is 11.1. The van der Waals surface area contributed by atoms with Crippen molar-refractivity contribution in [1.82, 2.24) is 25.4 Å². The fourth-order valence-corrected chi connectivity index (χ4v) is 1.92. The smallest absolute Gasteiger partial charge is 0.258 e. The lowest BCUT2D eigenvalue weighted by Crippen LogP contribution is -2.19. The summed E-state index contributed by atoms with van der Waals surface area (Å²) in [6, 6.07) is 7.24. The van der Waals surface area contributed by atoms with E-state index in [1.807, 2.05) is 18.2 Å². The van der Waals surface area contributed by atoms with Crippen molar-refractivity contribution in [1.29, 1.82) is 0 Å². The third-order valence-corrected chi connectivity index (χ3v) is 2.81. The molecule has 20 heavy (non-hydrogen) atoms. The van der Waals surface area contributed by atoms with Crippen molar-refractivity contribution in [3.63, 3.8) is 0 Å². The molecule has 0 atom stereocenters. The summed E-state index contributed by atoms with van der Waals surface area (Å²) in [5.41, 5.74) is 0.547. The standard InChI is InChI=1S/C13H13N5O2/c1-8-15-12(18-20-8)7-14-6-11-16-10-5-3-2-4-9(10)13(19)17-11/h2-5,14H,6-7H2,1H3,(H,16,17,19). The summed E-state index contributed by atoms with van der Waals surface area (Å²) in [6.07, 6.45) is 0. The molecule has 102 valence electrons. The fourth-order valence-electron chi connectivity index (χ4n) is 1.92. The SMILES string of the molecule is Cc1nc(CNCc2nc3ccccc3c(=O)[nH]2)no1. The van der Waals surface area contributed by atoms with Gasteiger partial charge in [0.25, 0.3) is 5.56 Å². The van der Waals surface area contributed by atoms with Crippen LogP contribution in [0.15, 0.2) is 33.6 Å². The lowest BCUT2D eigenvalue weighted by atomic mass is 10.2. The molecule has 0 aliphatic carbocycles. The number of nitrogens with one attached hydrogen (secondary N) is 2. The van der Waals surface area contributed by atoms with Crippen molar-refractivity contribution in [2.24, 2.45) is 0 Å². The number of nitrogens with zero attached hydrogens (tertiary/aromatic N) is 3. The van der Waals surface area contributed by atoms with Crippen molar-refractivity contribution < 1.29 is 4.52 Å². The molecule has 2 aromatic heterocycles. The number of hydrogen-bond acceptors (Lipinski definition) is 6. The van der Waals surface area contributed by atoms with Gasteiger partial charge in [-0.2, -0.15) is 4.98 Å². The second kappa shape index (κ2) is 5.22. The van der Waals surface area contributed by atoms with Crippen molar-refractivity contribution in [2.45, 2.75) is 20.0 Å². The fraction of sp³-hybridized carbons (Fsp3) is 0.231. The molecule has 0 saturated carbocycles. The first-order chi connectivity index (χ1) is 9.72. The highest BCUT2D eigenvalue weighted by Gasteiger charge is 2.04. The minimum atomic E-state index is -0.136. The van der Waals surface area contributed by atoms with Crippen molar-refractivity contribution in [3.05, 3.63) is 52.2 Å². The Morgan fingerprint density at radius 1 is 1.25 bits per heavy atom. The van der Waals surface area contributed by atoms with Gasteiger partial charge in [-0.3, -0.25) is 4.79 Å². The number of benzene rings is 1. The number of aromatic amines is 1. The molecule has 0 saturated heterocycles. The molecular formula is C13H13N5O2. The van der Waals surface area contributed by atoms with E-state index in [1.54, 1.807) is 13.0 Å². The molecule has 7 nitrogen and oxygen atoms in total. The third kappa shape index (κ3) is 2.57. The summed E-state index contributed by atoms with van der Waals surface area (Å²) in [5, 5.41) is 7.47. The van der Waals surface area contributed by atoms with Crippen LogP contribution in [0.4, 0.5) is 0 Å². The van der Waals surface area contributed by atoms with Gasteiger partial charge >= 0.3 is 0 Å². The number of para-hydroxylation sites is 1. The molecule has 0 radical (unpaired) electrons. The van der Waals surface area contributed by atoms with Gasteiger partial charge in [0.15, 0.2) is 5.82 Å². The van der Waals surface area contributed by atoms with Crippen molar-refractivity contribution in [3.8, 4) is 0 Å². The van der Waals surface area contributed by atoms with Crippen LogP contribution in [0.2, 0.25) is 0 Å². The average Bonchev–Trinajstić information content (AvgIpc) is 2.85. The molecule has 3 aromatic rings. The van der Waals surface area contributed by atoms with Crippen LogP contribution in [0.1, 0.15) is 17.5 Å². The minimum absolute atomic E-state index is 0.136. The lowest BCUT2D eigenvalue weighted by Gasteiger charge is -2.03. The molecule has 0 aliphatic heterocycles. The largest absolute Gasteiger partial charge is 0.340 e. The average molecular weight is 271 g/mol. The highest BCUT2D eigenvalue weighted by Crippen LogP contribution is 2.05. The molecule has 2 N–H and O–H groups in total. The van der Waals surface area contributed by atoms with E-state index in [-0.39, 0.29) is 5.56 Å². The van der Waals surface area contributed by atoms with Crippen LogP contribution in [-0.2, 0) is 13.1 Å². The number of H-pyrrole nitrogens is 1. The second-order valence-corrected chi connectivity index (χ2v) is 4.36. The molecule has 0 unspecified atom stereocenters. The van der Waals surface area contributed by atoms with Gasteiger partial charge in [0.2, 0.25) is 5.89 Å². The second-order valence-electron chi connectivity index (χ2n) is 4.36. The molecule has 0 fully saturated rings. The van der Waals surface area contributed by atoms with Gasteiger partial charge in [-0.05, 0) is 12.1 Å². The molecule has 0 aliphatic rings. The van der Waals surface area contributed by atoms with E-state index < -0.39 is 0 Å². The maximum absolute atomic E-state index is 11.9. The van der Waals surface area contributed by atoms with Gasteiger partial charge in [0.1, 0.15) is 5.82 Å². The molecule has 0 amide bonds. The first-order valence-electron chi connectivity index (χ1n) is 6.20. The van der Waals surface area contributed by atoms with Gasteiger partial charge in [-0.1, -0.05) is 17.3 Å². The van der Waals surface area contributed by atoms with Crippen molar-refractivity contribution in [2.75, 3.05) is 0 Å². The summed E-state index contributed by atoms with van der Waals surface area (Å²) in [5.74, 6) is 1.68. The number of aryl methyl sites for hydroxylation is 1. The zero-order chi connectivity index (χ0) is 13.9. The third-order valence-electron chi connectivity index (χ3n) is 2.81.